The quantitative estimate of drug-likeness (QED) is 0.547. The van der Waals surface area contributed by atoms with Gasteiger partial charge in [-0.3, -0.25) is 0 Å². The van der Waals surface area contributed by atoms with Crippen molar-refractivity contribution in [1.29, 1.82) is 0 Å². The Labute approximate surface area is 89.6 Å². The molecule has 0 N–H and O–H groups in total. The SMILES string of the molecule is Cc1c(N=C=S)ccc(Br)c1Cl. The number of nitrogens with zero attached hydrogens (tertiary/aromatic N) is 1. The zero-order chi connectivity index (χ0) is 9.14. The van der Waals surface area contributed by atoms with Gasteiger partial charge in [0.1, 0.15) is 0 Å². The van der Waals surface area contributed by atoms with Crippen LogP contribution in [0.15, 0.2) is 21.6 Å². The second-order valence-corrected chi connectivity index (χ2v) is 3.62. The Balaban J connectivity index is 3.35. The molecule has 0 aliphatic carbocycles. The molecule has 0 saturated carbocycles. The third kappa shape index (κ3) is 1.93. The Morgan fingerprint density at radius 2 is 2.25 bits per heavy atom. The molecule has 0 aromatic heterocycles. The van der Waals surface area contributed by atoms with E-state index in [1.807, 2.05) is 19.1 Å². The lowest BCUT2D eigenvalue weighted by Gasteiger charge is -2.02. The van der Waals surface area contributed by atoms with Crippen molar-refractivity contribution >= 4 is 50.6 Å². The highest BCUT2D eigenvalue weighted by molar-refractivity contribution is 9.10. The first-order valence-electron chi connectivity index (χ1n) is 3.19. The standard InChI is InChI=1S/C8H5BrClNS/c1-5-7(11-4-12)3-2-6(9)8(5)10/h2-3H,1H3. The molecule has 0 saturated heterocycles. The van der Waals surface area contributed by atoms with Gasteiger partial charge >= 0.3 is 0 Å². The molecule has 0 spiro atoms. The van der Waals surface area contributed by atoms with Gasteiger partial charge in [-0.1, -0.05) is 11.6 Å². The summed E-state index contributed by atoms with van der Waals surface area (Å²) in [6, 6.07) is 3.67. The molecule has 1 nitrogen and oxygen atoms in total. The van der Waals surface area contributed by atoms with Gasteiger partial charge < -0.3 is 0 Å². The number of rotatable bonds is 1. The molecule has 1 rings (SSSR count). The summed E-state index contributed by atoms with van der Waals surface area (Å²) in [5.41, 5.74) is 1.67. The number of isothiocyanates is 1. The van der Waals surface area contributed by atoms with Crippen molar-refractivity contribution in [2.45, 2.75) is 6.92 Å². The van der Waals surface area contributed by atoms with E-state index in [0.717, 1.165) is 15.7 Å². The molecule has 62 valence electrons. The molecule has 0 unspecified atom stereocenters. The Kier molecular flexibility index (Phi) is 3.41. The van der Waals surface area contributed by atoms with E-state index in [9.17, 15) is 0 Å². The van der Waals surface area contributed by atoms with Gasteiger partial charge in [0.05, 0.1) is 15.9 Å². The second kappa shape index (κ2) is 4.15. The van der Waals surface area contributed by atoms with Gasteiger partial charge in [0.15, 0.2) is 0 Å². The molecule has 0 heterocycles. The number of thiocarbonyl (C=S) groups is 1. The molecular weight excluding hydrogens is 258 g/mol. The van der Waals surface area contributed by atoms with Crippen LogP contribution in [0.25, 0.3) is 0 Å². The number of hydrogen-bond acceptors (Lipinski definition) is 2. The second-order valence-electron chi connectivity index (χ2n) is 2.21. The van der Waals surface area contributed by atoms with Crippen LogP contribution in [-0.4, -0.2) is 5.16 Å². The van der Waals surface area contributed by atoms with Crippen LogP contribution in [-0.2, 0) is 0 Å². The van der Waals surface area contributed by atoms with E-state index in [0.29, 0.717) is 5.02 Å². The van der Waals surface area contributed by atoms with Crippen LogP contribution < -0.4 is 0 Å². The van der Waals surface area contributed by atoms with E-state index in [-0.39, 0.29) is 0 Å². The lowest BCUT2D eigenvalue weighted by Crippen LogP contribution is -1.77. The van der Waals surface area contributed by atoms with Gasteiger partial charge in [-0.25, -0.2) is 0 Å². The van der Waals surface area contributed by atoms with E-state index in [1.165, 1.54) is 0 Å². The summed E-state index contributed by atoms with van der Waals surface area (Å²) < 4.78 is 0.866. The molecule has 4 heteroatoms. The minimum Gasteiger partial charge on any atom is -0.194 e. The lowest BCUT2D eigenvalue weighted by molar-refractivity contribution is 1.40. The van der Waals surface area contributed by atoms with Crippen molar-refractivity contribution in [3.8, 4) is 0 Å². The molecule has 0 aliphatic rings. The molecule has 0 amide bonds. The fourth-order valence-corrected chi connectivity index (χ4v) is 1.50. The molecular formula is C8H5BrClNS. The van der Waals surface area contributed by atoms with Crippen molar-refractivity contribution in [2.75, 3.05) is 0 Å². The third-order valence-corrected chi connectivity index (χ3v) is 2.94. The van der Waals surface area contributed by atoms with Crippen molar-refractivity contribution in [2.24, 2.45) is 4.99 Å². The maximum Gasteiger partial charge on any atom is 0.0784 e. The van der Waals surface area contributed by atoms with Gasteiger partial charge in [0.25, 0.3) is 0 Å². The highest BCUT2D eigenvalue weighted by atomic mass is 79.9. The van der Waals surface area contributed by atoms with Crippen LogP contribution in [0, 0.1) is 6.92 Å². The maximum atomic E-state index is 5.95. The molecule has 12 heavy (non-hydrogen) atoms. The van der Waals surface area contributed by atoms with Crippen LogP contribution in [0.4, 0.5) is 5.69 Å². The third-order valence-electron chi connectivity index (χ3n) is 1.48. The van der Waals surface area contributed by atoms with E-state index < -0.39 is 0 Å². The Morgan fingerprint density at radius 1 is 1.58 bits per heavy atom. The summed E-state index contributed by atoms with van der Waals surface area (Å²) in [6.07, 6.45) is 0. The molecule has 0 radical (unpaired) electrons. The summed E-state index contributed by atoms with van der Waals surface area (Å²) in [7, 11) is 0. The van der Waals surface area contributed by atoms with E-state index in [4.69, 9.17) is 11.6 Å². The molecule has 0 aliphatic heterocycles. The van der Waals surface area contributed by atoms with Crippen LogP contribution in [0.5, 0.6) is 0 Å². The van der Waals surface area contributed by atoms with Crippen LogP contribution in [0.1, 0.15) is 5.56 Å². The van der Waals surface area contributed by atoms with Gasteiger partial charge in [-0.15, -0.1) is 0 Å². The van der Waals surface area contributed by atoms with Gasteiger partial charge in [-0.05, 0) is 52.8 Å². The minimum atomic E-state index is 0.668. The lowest BCUT2D eigenvalue weighted by atomic mass is 10.2. The summed E-state index contributed by atoms with van der Waals surface area (Å²) >= 11 is 13.8. The zero-order valence-corrected chi connectivity index (χ0v) is 9.42. The normalized spacial score (nSPS) is 9.25. The first-order valence-corrected chi connectivity index (χ1v) is 4.77. The highest BCUT2D eigenvalue weighted by Crippen LogP contribution is 2.32. The monoisotopic (exact) mass is 261 g/mol. The van der Waals surface area contributed by atoms with E-state index >= 15 is 0 Å². The summed E-state index contributed by atoms with van der Waals surface area (Å²) in [4.78, 5) is 3.87. The maximum absolute atomic E-state index is 5.95. The first-order chi connectivity index (χ1) is 5.66. The average molecular weight is 263 g/mol. The predicted molar refractivity (Wildman–Crippen MR) is 58.6 cm³/mol. The largest absolute Gasteiger partial charge is 0.194 e. The number of halogens is 2. The van der Waals surface area contributed by atoms with Crippen LogP contribution in [0.3, 0.4) is 0 Å². The summed E-state index contributed by atoms with van der Waals surface area (Å²) in [6.45, 7) is 1.89. The first kappa shape index (κ1) is 9.87. The smallest absolute Gasteiger partial charge is 0.0784 e. The van der Waals surface area contributed by atoms with Gasteiger partial charge in [-0.2, -0.15) is 4.99 Å². The van der Waals surface area contributed by atoms with Gasteiger partial charge in [0, 0.05) is 4.47 Å². The van der Waals surface area contributed by atoms with Gasteiger partial charge in [0.2, 0.25) is 0 Å². The molecule has 0 bridgehead atoms. The van der Waals surface area contributed by atoms with Crippen molar-refractivity contribution in [3.05, 3.63) is 27.2 Å². The average Bonchev–Trinajstić information content (AvgIpc) is 2.07. The fraction of sp³-hybridized carbons (Fsp3) is 0.125. The molecule has 1 aromatic rings. The number of aliphatic imine (C=N–C) groups is 1. The summed E-state index contributed by atoms with van der Waals surface area (Å²) in [5.74, 6) is 0. The Hall–Kier alpha value is -0.210. The molecule has 0 fully saturated rings. The zero-order valence-electron chi connectivity index (χ0n) is 6.27. The minimum absolute atomic E-state index is 0.668. The van der Waals surface area contributed by atoms with E-state index in [2.05, 4.69) is 38.3 Å². The fourth-order valence-electron chi connectivity index (χ4n) is 0.812. The predicted octanol–water partition coefficient (Wildman–Crippen LogP) is 4.15. The molecule has 0 atom stereocenters. The summed E-state index contributed by atoms with van der Waals surface area (Å²) in [5, 5.41) is 2.97. The number of hydrogen-bond donors (Lipinski definition) is 0. The highest BCUT2D eigenvalue weighted by Gasteiger charge is 2.04. The van der Waals surface area contributed by atoms with Crippen molar-refractivity contribution in [1.82, 2.24) is 0 Å². The van der Waals surface area contributed by atoms with Crippen LogP contribution in [0.2, 0.25) is 5.02 Å². The topological polar surface area (TPSA) is 12.4 Å². The van der Waals surface area contributed by atoms with E-state index in [1.54, 1.807) is 0 Å². The van der Waals surface area contributed by atoms with Crippen LogP contribution >= 0.6 is 39.7 Å². The number of benzene rings is 1. The van der Waals surface area contributed by atoms with Crippen molar-refractivity contribution in [3.63, 3.8) is 0 Å². The molecule has 1 aromatic carbocycles. The Bertz CT molecular complexity index is 358. The Morgan fingerprint density at radius 3 is 2.83 bits per heavy atom. The van der Waals surface area contributed by atoms with Crippen molar-refractivity contribution < 1.29 is 0 Å².